The molecule has 10 aliphatic rings. The fourth-order valence-corrected chi connectivity index (χ4v) is 11.2. The first kappa shape index (κ1) is 29.1. The molecule has 0 radical (unpaired) electrons. The summed E-state index contributed by atoms with van der Waals surface area (Å²) in [4.78, 5) is 24.8. The van der Waals surface area contributed by atoms with Crippen LogP contribution in [0, 0.1) is 47.3 Å². The maximum Gasteiger partial charge on any atom is 0.201 e. The van der Waals surface area contributed by atoms with Crippen molar-refractivity contribution in [2.75, 3.05) is 7.11 Å². The summed E-state index contributed by atoms with van der Waals surface area (Å²) in [5.41, 5.74) is -1.13. The number of methoxy groups -OCH3 is 1. The van der Waals surface area contributed by atoms with Crippen molar-refractivity contribution in [3.05, 3.63) is 0 Å². The molecule has 10 fully saturated rings. The van der Waals surface area contributed by atoms with Gasteiger partial charge < -0.3 is 23.7 Å². The third-order valence-corrected chi connectivity index (χ3v) is 13.6. The van der Waals surface area contributed by atoms with E-state index in [1.807, 2.05) is 21.0 Å². The maximum atomic E-state index is 6.99. The lowest BCUT2D eigenvalue weighted by atomic mass is 9.56. The van der Waals surface area contributed by atoms with Crippen LogP contribution in [-0.4, -0.2) is 60.8 Å². The molecule has 10 rings (SSSR count). The van der Waals surface area contributed by atoms with E-state index in [4.69, 9.17) is 43.2 Å². The van der Waals surface area contributed by atoms with Gasteiger partial charge in [0, 0.05) is 38.2 Å². The van der Waals surface area contributed by atoms with Crippen LogP contribution < -0.4 is 0 Å². The molecule has 9 nitrogen and oxygen atoms in total. The molecular weight excluding hydrogens is 540 g/mol. The molecule has 0 amide bonds. The minimum absolute atomic E-state index is 0.0504. The van der Waals surface area contributed by atoms with Gasteiger partial charge in [-0.2, -0.15) is 0 Å². The molecule has 8 saturated heterocycles. The molecule has 0 aromatic heterocycles. The second-order valence-electron chi connectivity index (χ2n) is 15.8. The highest BCUT2D eigenvalue weighted by atomic mass is 17.3. The molecule has 42 heavy (non-hydrogen) atoms. The average Bonchev–Trinajstić information content (AvgIpc) is 3.34. The molecule has 4 bridgehead atoms. The van der Waals surface area contributed by atoms with Crippen LogP contribution in [0.3, 0.4) is 0 Å². The van der Waals surface area contributed by atoms with Crippen LogP contribution in [0.25, 0.3) is 0 Å². The Morgan fingerprint density at radius 2 is 1.17 bits per heavy atom. The van der Waals surface area contributed by atoms with Crippen LogP contribution >= 0.6 is 0 Å². The van der Waals surface area contributed by atoms with Crippen molar-refractivity contribution in [2.45, 2.75) is 153 Å². The van der Waals surface area contributed by atoms with E-state index in [9.17, 15) is 0 Å². The molecule has 0 N–H and O–H groups in total. The van der Waals surface area contributed by atoms with Gasteiger partial charge >= 0.3 is 0 Å². The van der Waals surface area contributed by atoms with Crippen molar-refractivity contribution in [1.82, 2.24) is 0 Å². The highest BCUT2D eigenvalue weighted by molar-refractivity contribution is 5.12. The third kappa shape index (κ3) is 3.87. The first-order chi connectivity index (χ1) is 20.0. The van der Waals surface area contributed by atoms with E-state index in [2.05, 4.69) is 27.7 Å². The number of fused-ring (bicyclic) bond motifs is 4. The molecule has 17 atom stereocenters. The Morgan fingerprint density at radius 1 is 0.643 bits per heavy atom. The molecule has 0 unspecified atom stereocenters. The van der Waals surface area contributed by atoms with Crippen molar-refractivity contribution >= 4 is 0 Å². The summed E-state index contributed by atoms with van der Waals surface area (Å²) in [6.07, 6.45) is 7.67. The van der Waals surface area contributed by atoms with E-state index < -0.39 is 35.4 Å². The standard InChI is InChI=1S/C33H52O9/c1-17-8-10-23-19(3)25(35-28-32(23)21(17)12-14-30(5,37-28)39-41-32)16-26(34-7)27-20(4)24-11-9-18(2)22-13-15-31(6)38-29(36-27)33(22,24)42-40-31/h17-29H,8-16H2,1-7H3/t17-,18-,19-,20-,21+,22+,23+,24+,25-,26+,27+,28-,29-,30+,31+,32-,33-/m1/s1. The average molecular weight is 593 g/mol. The van der Waals surface area contributed by atoms with E-state index in [0.29, 0.717) is 29.6 Å². The largest absolute Gasteiger partial charge is 0.379 e. The lowest BCUT2D eigenvalue weighted by molar-refractivity contribution is -0.574. The summed E-state index contributed by atoms with van der Waals surface area (Å²) < 4.78 is 33.6. The van der Waals surface area contributed by atoms with Crippen LogP contribution in [0.15, 0.2) is 0 Å². The van der Waals surface area contributed by atoms with Crippen molar-refractivity contribution in [2.24, 2.45) is 47.3 Å². The molecule has 9 heteroatoms. The van der Waals surface area contributed by atoms with Crippen LogP contribution in [0.2, 0.25) is 0 Å². The summed E-state index contributed by atoms with van der Waals surface area (Å²) in [6, 6.07) is 0. The van der Waals surface area contributed by atoms with Crippen LogP contribution in [-0.2, 0) is 43.2 Å². The van der Waals surface area contributed by atoms with Crippen molar-refractivity contribution in [3.63, 3.8) is 0 Å². The summed E-state index contributed by atoms with van der Waals surface area (Å²) in [7, 11) is 1.81. The van der Waals surface area contributed by atoms with Crippen molar-refractivity contribution < 1.29 is 43.2 Å². The maximum absolute atomic E-state index is 6.99. The Balaban J connectivity index is 1.08. The van der Waals surface area contributed by atoms with E-state index in [1.54, 1.807) is 0 Å². The fourth-order valence-electron chi connectivity index (χ4n) is 11.2. The van der Waals surface area contributed by atoms with Gasteiger partial charge in [-0.25, -0.2) is 19.6 Å². The first-order valence-corrected chi connectivity index (χ1v) is 17.0. The summed E-state index contributed by atoms with van der Waals surface area (Å²) >= 11 is 0. The quantitative estimate of drug-likeness (QED) is 0.371. The lowest BCUT2D eigenvalue weighted by Gasteiger charge is -2.62. The van der Waals surface area contributed by atoms with E-state index in [-0.39, 0.29) is 36.1 Å². The Labute approximate surface area is 250 Å². The van der Waals surface area contributed by atoms with Gasteiger partial charge in [0.1, 0.15) is 0 Å². The molecule has 8 heterocycles. The summed E-state index contributed by atoms with van der Waals surface area (Å²) in [5, 5.41) is 0. The van der Waals surface area contributed by atoms with Crippen LogP contribution in [0.5, 0.6) is 0 Å². The molecule has 0 aromatic carbocycles. The summed E-state index contributed by atoms with van der Waals surface area (Å²) in [6.45, 7) is 13.3. The van der Waals surface area contributed by atoms with Crippen molar-refractivity contribution in [3.8, 4) is 0 Å². The van der Waals surface area contributed by atoms with Gasteiger partial charge in [0.15, 0.2) is 23.8 Å². The molecule has 8 aliphatic heterocycles. The van der Waals surface area contributed by atoms with Gasteiger partial charge in [-0.1, -0.05) is 27.7 Å². The zero-order valence-electron chi connectivity index (χ0n) is 26.5. The zero-order valence-corrected chi connectivity index (χ0v) is 26.5. The summed E-state index contributed by atoms with van der Waals surface area (Å²) in [5.74, 6) is 1.26. The predicted octanol–water partition coefficient (Wildman–Crippen LogP) is 5.89. The van der Waals surface area contributed by atoms with Crippen LogP contribution in [0.1, 0.15) is 99.3 Å². The van der Waals surface area contributed by atoms with Crippen molar-refractivity contribution in [1.29, 1.82) is 0 Å². The Hall–Kier alpha value is -0.360. The molecule has 0 aromatic rings. The SMILES string of the molecule is CO[C@@H](C[C@H]1O[C@@H]2O[C@]3(C)CC[C@H]4[C@H](C)CC[C@@H]([C@H]1C)[C@@]24OO3)[C@H]1O[C@@H]2O[C@]3(C)CC[C@H]4[C@H](C)CC[C@@H]([C@H]1C)[C@@]24OO3. The Morgan fingerprint density at radius 3 is 1.71 bits per heavy atom. The number of ether oxygens (including phenoxy) is 5. The van der Waals surface area contributed by atoms with Gasteiger partial charge in [0.25, 0.3) is 0 Å². The number of rotatable bonds is 4. The van der Waals surface area contributed by atoms with E-state index in [1.165, 1.54) is 12.8 Å². The highest BCUT2D eigenvalue weighted by Crippen LogP contribution is 2.63. The molecular formula is C33H52O9. The van der Waals surface area contributed by atoms with Gasteiger partial charge in [-0.15, -0.1) is 0 Å². The first-order valence-electron chi connectivity index (χ1n) is 17.0. The normalized spacial score (nSPS) is 60.6. The van der Waals surface area contributed by atoms with Crippen LogP contribution in [0.4, 0.5) is 0 Å². The number of hydrogen-bond acceptors (Lipinski definition) is 9. The van der Waals surface area contributed by atoms with E-state index >= 15 is 0 Å². The smallest absolute Gasteiger partial charge is 0.201 e. The molecule has 2 aliphatic carbocycles. The second kappa shape index (κ2) is 9.82. The number of hydrogen-bond donors (Lipinski definition) is 0. The molecule has 238 valence electrons. The third-order valence-electron chi connectivity index (χ3n) is 13.6. The highest BCUT2D eigenvalue weighted by Gasteiger charge is 2.71. The van der Waals surface area contributed by atoms with E-state index in [0.717, 1.165) is 44.9 Å². The molecule has 2 saturated carbocycles. The minimum Gasteiger partial charge on any atom is -0.379 e. The Kier molecular flexibility index (Phi) is 6.80. The van der Waals surface area contributed by atoms with Gasteiger partial charge in [-0.05, 0) is 87.9 Å². The second-order valence-corrected chi connectivity index (χ2v) is 15.8. The molecule has 2 spiro atoms. The lowest BCUT2D eigenvalue weighted by Crippen LogP contribution is -2.72. The monoisotopic (exact) mass is 592 g/mol. The van der Waals surface area contributed by atoms with Gasteiger partial charge in [-0.3, -0.25) is 0 Å². The topological polar surface area (TPSA) is 83.1 Å². The van der Waals surface area contributed by atoms with Gasteiger partial charge in [0.2, 0.25) is 11.6 Å². The fraction of sp³-hybridized carbons (Fsp3) is 1.00. The van der Waals surface area contributed by atoms with Gasteiger partial charge in [0.05, 0.1) is 18.3 Å². The predicted molar refractivity (Wildman–Crippen MR) is 149 cm³/mol. The Bertz CT molecular complexity index is 1060. The zero-order chi connectivity index (χ0) is 29.2. The minimum atomic E-state index is -0.788.